The first-order valence-electron chi connectivity index (χ1n) is 3.46. The van der Waals surface area contributed by atoms with Gasteiger partial charge in [-0.2, -0.15) is 5.26 Å². The smallest absolute Gasteiger partial charge is 0.128 e. The fourth-order valence-electron chi connectivity index (χ4n) is 0.978. The Morgan fingerprint density at radius 2 is 2.25 bits per heavy atom. The van der Waals surface area contributed by atoms with Crippen LogP contribution in [0.15, 0.2) is 12.1 Å². The molecule has 0 radical (unpaired) electrons. The highest BCUT2D eigenvalue weighted by Crippen LogP contribution is 2.18. The summed E-state index contributed by atoms with van der Waals surface area (Å²) in [5.74, 6) is -0.277. The van der Waals surface area contributed by atoms with Crippen LogP contribution in [-0.2, 0) is 6.42 Å². The van der Waals surface area contributed by atoms with Crippen molar-refractivity contribution in [3.05, 3.63) is 32.6 Å². The van der Waals surface area contributed by atoms with Gasteiger partial charge < -0.3 is 0 Å². The molecule has 0 amide bonds. The second-order valence-electron chi connectivity index (χ2n) is 2.54. The van der Waals surface area contributed by atoms with Crippen molar-refractivity contribution in [1.29, 1.82) is 5.26 Å². The van der Waals surface area contributed by atoms with Crippen molar-refractivity contribution in [3.63, 3.8) is 0 Å². The molecule has 0 aliphatic carbocycles. The molecule has 0 aliphatic heterocycles. The Morgan fingerprint density at radius 3 is 2.75 bits per heavy atom. The number of nitriles is 1. The maximum Gasteiger partial charge on any atom is 0.128 e. The van der Waals surface area contributed by atoms with E-state index in [-0.39, 0.29) is 12.2 Å². The fraction of sp³-hybridized carbons (Fsp3) is 0.222. The lowest BCUT2D eigenvalue weighted by atomic mass is 10.1. The van der Waals surface area contributed by atoms with E-state index >= 15 is 0 Å². The van der Waals surface area contributed by atoms with Gasteiger partial charge in [-0.1, -0.05) is 0 Å². The van der Waals surface area contributed by atoms with Crippen molar-refractivity contribution >= 4 is 22.6 Å². The minimum atomic E-state index is -0.277. The molecular formula is C9H7FIN. The highest BCUT2D eigenvalue weighted by Gasteiger charge is 2.06. The number of halogens is 2. The average molecular weight is 275 g/mol. The molecule has 0 unspecified atom stereocenters. The van der Waals surface area contributed by atoms with Crippen LogP contribution in [0.1, 0.15) is 11.1 Å². The first kappa shape index (κ1) is 9.46. The number of benzene rings is 1. The Kier molecular flexibility index (Phi) is 3.04. The molecule has 1 nitrogen and oxygen atoms in total. The molecule has 1 aromatic carbocycles. The lowest BCUT2D eigenvalue weighted by molar-refractivity contribution is 0.612. The summed E-state index contributed by atoms with van der Waals surface area (Å²) in [6.07, 6.45) is 0.143. The molecule has 0 saturated heterocycles. The van der Waals surface area contributed by atoms with Crippen LogP contribution < -0.4 is 0 Å². The van der Waals surface area contributed by atoms with Gasteiger partial charge in [-0.15, -0.1) is 0 Å². The minimum Gasteiger partial charge on any atom is -0.207 e. The van der Waals surface area contributed by atoms with E-state index < -0.39 is 0 Å². The zero-order valence-electron chi connectivity index (χ0n) is 6.56. The first-order chi connectivity index (χ1) is 5.65. The molecule has 0 aromatic heterocycles. The van der Waals surface area contributed by atoms with Crippen LogP contribution in [0.25, 0.3) is 0 Å². The molecule has 1 rings (SSSR count). The molecule has 0 saturated carbocycles. The van der Waals surface area contributed by atoms with Crippen molar-refractivity contribution in [2.24, 2.45) is 0 Å². The molecule has 0 aliphatic rings. The van der Waals surface area contributed by atoms with Crippen molar-refractivity contribution in [3.8, 4) is 6.07 Å². The monoisotopic (exact) mass is 275 g/mol. The van der Waals surface area contributed by atoms with E-state index in [4.69, 9.17) is 5.26 Å². The van der Waals surface area contributed by atoms with Gasteiger partial charge >= 0.3 is 0 Å². The zero-order chi connectivity index (χ0) is 9.14. The van der Waals surface area contributed by atoms with Crippen molar-refractivity contribution in [2.75, 3.05) is 0 Å². The molecule has 12 heavy (non-hydrogen) atoms. The molecule has 1 aromatic rings. The largest absolute Gasteiger partial charge is 0.207 e. The van der Waals surface area contributed by atoms with Crippen LogP contribution in [0.5, 0.6) is 0 Å². The van der Waals surface area contributed by atoms with Crippen LogP contribution in [0.2, 0.25) is 0 Å². The van der Waals surface area contributed by atoms with E-state index in [9.17, 15) is 4.39 Å². The van der Waals surface area contributed by atoms with E-state index in [1.165, 1.54) is 6.07 Å². The van der Waals surface area contributed by atoms with Crippen LogP contribution in [0.3, 0.4) is 0 Å². The third-order valence-electron chi connectivity index (χ3n) is 1.54. The van der Waals surface area contributed by atoms with Gasteiger partial charge in [0, 0.05) is 9.13 Å². The number of aryl methyl sites for hydroxylation is 1. The summed E-state index contributed by atoms with van der Waals surface area (Å²) in [6, 6.07) is 5.26. The first-order valence-corrected chi connectivity index (χ1v) is 4.54. The summed E-state index contributed by atoms with van der Waals surface area (Å²) >= 11 is 2.04. The van der Waals surface area contributed by atoms with E-state index in [0.29, 0.717) is 5.56 Å². The van der Waals surface area contributed by atoms with Crippen LogP contribution in [0.4, 0.5) is 4.39 Å². The molecule has 3 heteroatoms. The number of nitrogens with zero attached hydrogens (tertiary/aromatic N) is 1. The molecule has 0 heterocycles. The van der Waals surface area contributed by atoms with Crippen molar-refractivity contribution < 1.29 is 4.39 Å². The van der Waals surface area contributed by atoms with Gasteiger partial charge in [0.1, 0.15) is 5.82 Å². The third kappa shape index (κ3) is 1.95. The Balaban J connectivity index is 3.21. The van der Waals surface area contributed by atoms with Crippen molar-refractivity contribution in [2.45, 2.75) is 13.3 Å². The van der Waals surface area contributed by atoms with Gasteiger partial charge in [-0.05, 0) is 47.2 Å². The Hall–Kier alpha value is -0.630. The normalized spacial score (nSPS) is 9.50. The van der Waals surface area contributed by atoms with Crippen LogP contribution in [-0.4, -0.2) is 0 Å². The highest BCUT2D eigenvalue weighted by atomic mass is 127. The Bertz CT molecular complexity index is 318. The number of hydrogen-bond acceptors (Lipinski definition) is 1. The SMILES string of the molecule is Cc1cc(F)c(CC#N)c(I)c1. The standard InChI is InChI=1S/C9H7FIN/c1-6-4-8(10)7(2-3-12)9(11)5-6/h4-5H,2H2,1H3. The predicted octanol–water partition coefficient (Wildman–Crippen LogP) is 2.80. The topological polar surface area (TPSA) is 23.8 Å². The summed E-state index contributed by atoms with van der Waals surface area (Å²) in [7, 11) is 0. The summed E-state index contributed by atoms with van der Waals surface area (Å²) in [6.45, 7) is 1.83. The average Bonchev–Trinajstić information content (AvgIpc) is 1.96. The molecule has 0 bridgehead atoms. The summed E-state index contributed by atoms with van der Waals surface area (Å²) in [5, 5.41) is 8.42. The second kappa shape index (κ2) is 3.85. The maximum atomic E-state index is 13.1. The number of rotatable bonds is 1. The molecule has 0 fully saturated rings. The Morgan fingerprint density at radius 1 is 1.58 bits per heavy atom. The van der Waals surface area contributed by atoms with Gasteiger partial charge in [0.15, 0.2) is 0 Å². The van der Waals surface area contributed by atoms with Gasteiger partial charge in [0.25, 0.3) is 0 Å². The van der Waals surface area contributed by atoms with Crippen molar-refractivity contribution in [1.82, 2.24) is 0 Å². The molecule has 62 valence electrons. The fourth-order valence-corrected chi connectivity index (χ4v) is 1.92. The summed E-state index contributed by atoms with van der Waals surface area (Å²) < 4.78 is 14.0. The van der Waals surface area contributed by atoms with E-state index in [1.807, 2.05) is 41.7 Å². The predicted molar refractivity (Wildman–Crippen MR) is 53.2 cm³/mol. The van der Waals surface area contributed by atoms with Crippen LogP contribution >= 0.6 is 22.6 Å². The van der Waals surface area contributed by atoms with Gasteiger partial charge in [-0.3, -0.25) is 0 Å². The molecular weight excluding hydrogens is 268 g/mol. The van der Waals surface area contributed by atoms with E-state index in [0.717, 1.165) is 9.13 Å². The zero-order valence-corrected chi connectivity index (χ0v) is 8.72. The lowest BCUT2D eigenvalue weighted by Gasteiger charge is -2.02. The number of hydrogen-bond donors (Lipinski definition) is 0. The molecule has 0 atom stereocenters. The third-order valence-corrected chi connectivity index (χ3v) is 2.50. The van der Waals surface area contributed by atoms with E-state index in [2.05, 4.69) is 0 Å². The highest BCUT2D eigenvalue weighted by molar-refractivity contribution is 14.1. The second-order valence-corrected chi connectivity index (χ2v) is 3.70. The molecule has 0 spiro atoms. The maximum absolute atomic E-state index is 13.1. The summed E-state index contributed by atoms with van der Waals surface area (Å²) in [5.41, 5.74) is 1.39. The Labute approximate surface area is 84.3 Å². The quantitative estimate of drug-likeness (QED) is 0.723. The van der Waals surface area contributed by atoms with Gasteiger partial charge in [-0.25, -0.2) is 4.39 Å². The lowest BCUT2D eigenvalue weighted by Crippen LogP contribution is -1.94. The van der Waals surface area contributed by atoms with Gasteiger partial charge in [0.05, 0.1) is 12.5 Å². The van der Waals surface area contributed by atoms with Gasteiger partial charge in [0.2, 0.25) is 0 Å². The van der Waals surface area contributed by atoms with Crippen LogP contribution in [0, 0.1) is 27.6 Å². The molecule has 0 N–H and O–H groups in total. The van der Waals surface area contributed by atoms with E-state index in [1.54, 1.807) is 0 Å². The summed E-state index contributed by atoms with van der Waals surface area (Å²) in [4.78, 5) is 0. The minimum absolute atomic E-state index is 0.143.